The molecule has 6 rings (SSSR count). The molecule has 2 fully saturated rings. The van der Waals surface area contributed by atoms with Crippen molar-refractivity contribution < 1.29 is 33.4 Å². The summed E-state index contributed by atoms with van der Waals surface area (Å²) in [7, 11) is 2.55. The Morgan fingerprint density at radius 1 is 0.789 bits per heavy atom. The van der Waals surface area contributed by atoms with E-state index >= 15 is 0 Å². The number of ether oxygens (including phenoxy) is 2. The van der Waals surface area contributed by atoms with Crippen LogP contribution in [0.25, 0.3) is 33.4 Å². The van der Waals surface area contributed by atoms with Gasteiger partial charge < -0.3 is 40.2 Å². The Hall–Kier alpha value is -5.99. The zero-order valence-corrected chi connectivity index (χ0v) is 33.3. The standard InChI is InChI=1S/C42H52N8O7/c1-24(2)35(47-41(54)56-5)39(52)49-19-7-9-30(49)22-44-38(51)27-13-11-26(12-14-27)31-17-15-28-21-29(16-18-32(28)45-31)33-23-43-37(46-33)34-10-8-20-50(34)40(53)36(25(3)4)48-42(55)57-6/h11-18,21,23-25,30,34-36H,7-10,19-20,22H2,1-6H3,(H,43,46)(H,44,51)(H,47,54)(H,48,55). The first-order valence-corrected chi connectivity index (χ1v) is 19.5. The number of hydrogen-bond donors (Lipinski definition) is 4. The van der Waals surface area contributed by atoms with Gasteiger partial charge in [0.25, 0.3) is 5.91 Å². The predicted octanol–water partition coefficient (Wildman–Crippen LogP) is 5.44. The number of amides is 5. The van der Waals surface area contributed by atoms with Crippen LogP contribution < -0.4 is 16.0 Å². The van der Waals surface area contributed by atoms with Crippen LogP contribution in [0.15, 0.2) is 60.8 Å². The van der Waals surface area contributed by atoms with E-state index in [1.165, 1.54) is 14.2 Å². The third-order valence-electron chi connectivity index (χ3n) is 10.8. The first kappa shape index (κ1) is 40.7. The summed E-state index contributed by atoms with van der Waals surface area (Å²) in [6.45, 7) is 8.95. The Labute approximate surface area is 332 Å². The molecular formula is C42H52N8O7. The molecule has 0 spiro atoms. The molecule has 15 nitrogen and oxygen atoms in total. The van der Waals surface area contributed by atoms with Crippen LogP contribution in [0.3, 0.4) is 0 Å². The maximum absolute atomic E-state index is 13.6. The highest BCUT2D eigenvalue weighted by molar-refractivity contribution is 5.95. The predicted molar refractivity (Wildman–Crippen MR) is 214 cm³/mol. The first-order chi connectivity index (χ1) is 27.4. The molecule has 5 amide bonds. The summed E-state index contributed by atoms with van der Waals surface area (Å²) in [4.78, 5) is 80.4. The zero-order valence-electron chi connectivity index (χ0n) is 33.3. The molecule has 15 heteroatoms. The van der Waals surface area contributed by atoms with Crippen molar-refractivity contribution in [3.8, 4) is 22.5 Å². The summed E-state index contributed by atoms with van der Waals surface area (Å²) in [5.74, 6) is -0.129. The summed E-state index contributed by atoms with van der Waals surface area (Å²) in [6, 6.07) is 15.4. The molecule has 0 radical (unpaired) electrons. The minimum absolute atomic E-state index is 0.119. The van der Waals surface area contributed by atoms with Crippen LogP contribution in [-0.2, 0) is 19.1 Å². The lowest BCUT2D eigenvalue weighted by molar-refractivity contribution is -0.136. The van der Waals surface area contributed by atoms with Gasteiger partial charge in [-0.1, -0.05) is 52.0 Å². The molecule has 2 saturated heterocycles. The minimum atomic E-state index is -0.715. The smallest absolute Gasteiger partial charge is 0.407 e. The summed E-state index contributed by atoms with van der Waals surface area (Å²) in [5.41, 5.74) is 4.67. The highest BCUT2D eigenvalue weighted by Crippen LogP contribution is 2.33. The van der Waals surface area contributed by atoms with Gasteiger partial charge in [0.2, 0.25) is 11.8 Å². The van der Waals surface area contributed by atoms with E-state index in [1.54, 1.807) is 28.1 Å². The number of nitrogens with one attached hydrogen (secondary N) is 4. The highest BCUT2D eigenvalue weighted by Gasteiger charge is 2.38. The molecule has 4 unspecified atom stereocenters. The van der Waals surface area contributed by atoms with E-state index in [-0.39, 0.29) is 41.6 Å². The Kier molecular flexibility index (Phi) is 12.7. The van der Waals surface area contributed by atoms with E-state index in [0.29, 0.717) is 31.0 Å². The molecule has 4 N–H and O–H groups in total. The largest absolute Gasteiger partial charge is 0.453 e. The van der Waals surface area contributed by atoms with Gasteiger partial charge >= 0.3 is 12.2 Å². The number of carbonyl (C=O) groups is 5. The summed E-state index contributed by atoms with van der Waals surface area (Å²) < 4.78 is 9.46. The van der Waals surface area contributed by atoms with Crippen LogP contribution in [0.1, 0.15) is 75.6 Å². The Bertz CT molecular complexity index is 2100. The van der Waals surface area contributed by atoms with Gasteiger partial charge in [0, 0.05) is 47.8 Å². The van der Waals surface area contributed by atoms with Gasteiger partial charge in [0.1, 0.15) is 17.9 Å². The maximum atomic E-state index is 13.6. The third-order valence-corrected chi connectivity index (χ3v) is 10.8. The van der Waals surface area contributed by atoms with Crippen LogP contribution in [0.4, 0.5) is 9.59 Å². The van der Waals surface area contributed by atoms with E-state index in [2.05, 4.69) is 25.9 Å². The second-order valence-electron chi connectivity index (χ2n) is 15.3. The molecule has 57 heavy (non-hydrogen) atoms. The van der Waals surface area contributed by atoms with Crippen LogP contribution in [0.5, 0.6) is 0 Å². The molecular weight excluding hydrogens is 729 g/mol. The number of hydrogen-bond acceptors (Lipinski definition) is 9. The van der Waals surface area contributed by atoms with E-state index in [4.69, 9.17) is 14.5 Å². The van der Waals surface area contributed by atoms with Crippen molar-refractivity contribution in [3.05, 3.63) is 72.2 Å². The van der Waals surface area contributed by atoms with E-state index in [0.717, 1.165) is 59.1 Å². The first-order valence-electron chi connectivity index (χ1n) is 19.5. The quantitative estimate of drug-likeness (QED) is 0.145. The fourth-order valence-corrected chi connectivity index (χ4v) is 7.62. The molecule has 2 aromatic heterocycles. The van der Waals surface area contributed by atoms with Crippen LogP contribution in [-0.4, -0.2) is 107 Å². The second kappa shape index (κ2) is 17.9. The second-order valence-corrected chi connectivity index (χ2v) is 15.3. The van der Waals surface area contributed by atoms with Crippen molar-refractivity contribution in [2.75, 3.05) is 33.9 Å². The number of carbonyl (C=O) groups excluding carboxylic acids is 5. The van der Waals surface area contributed by atoms with Crippen molar-refractivity contribution in [1.29, 1.82) is 0 Å². The molecule has 0 aliphatic carbocycles. The molecule has 302 valence electrons. The van der Waals surface area contributed by atoms with Gasteiger partial charge in [-0.25, -0.2) is 19.6 Å². The fraction of sp³-hybridized carbons (Fsp3) is 0.452. The van der Waals surface area contributed by atoms with Gasteiger partial charge in [0.05, 0.1) is 43.4 Å². The number of fused-ring (bicyclic) bond motifs is 1. The highest BCUT2D eigenvalue weighted by atomic mass is 16.5. The molecule has 2 aliphatic heterocycles. The number of pyridine rings is 1. The van der Waals surface area contributed by atoms with Crippen molar-refractivity contribution >= 4 is 40.8 Å². The van der Waals surface area contributed by atoms with Crippen LogP contribution >= 0.6 is 0 Å². The van der Waals surface area contributed by atoms with Crippen molar-refractivity contribution in [3.63, 3.8) is 0 Å². The maximum Gasteiger partial charge on any atom is 0.407 e. The van der Waals surface area contributed by atoms with Crippen molar-refractivity contribution in [1.82, 2.24) is 40.7 Å². The number of methoxy groups -OCH3 is 2. The molecule has 2 aliphatic rings. The molecule has 4 heterocycles. The number of alkyl carbamates (subject to hydrolysis) is 2. The Morgan fingerprint density at radius 3 is 2.05 bits per heavy atom. The van der Waals surface area contributed by atoms with Gasteiger partial charge in [0.15, 0.2) is 0 Å². The van der Waals surface area contributed by atoms with E-state index in [1.807, 2.05) is 70.2 Å². The summed E-state index contributed by atoms with van der Waals surface area (Å²) in [6.07, 6.45) is 3.65. The number of likely N-dealkylation sites (tertiary alicyclic amines) is 2. The lowest BCUT2D eigenvalue weighted by Crippen LogP contribution is -2.54. The number of nitrogens with zero attached hydrogens (tertiary/aromatic N) is 4. The zero-order chi connectivity index (χ0) is 40.8. The Balaban J connectivity index is 1.08. The molecule has 4 atom stereocenters. The summed E-state index contributed by atoms with van der Waals surface area (Å²) >= 11 is 0. The lowest BCUT2D eigenvalue weighted by Gasteiger charge is -2.30. The monoisotopic (exact) mass is 780 g/mol. The van der Waals surface area contributed by atoms with Crippen molar-refractivity contribution in [2.24, 2.45) is 11.8 Å². The molecule has 0 saturated carbocycles. The number of aromatic amines is 1. The topological polar surface area (TPSA) is 188 Å². The minimum Gasteiger partial charge on any atom is -0.453 e. The average molecular weight is 781 g/mol. The van der Waals surface area contributed by atoms with Gasteiger partial charge in [-0.15, -0.1) is 0 Å². The molecule has 0 bridgehead atoms. The van der Waals surface area contributed by atoms with Gasteiger partial charge in [-0.3, -0.25) is 14.4 Å². The Morgan fingerprint density at radius 2 is 1.40 bits per heavy atom. The van der Waals surface area contributed by atoms with Crippen LogP contribution in [0, 0.1) is 11.8 Å². The number of imidazole rings is 1. The SMILES string of the molecule is COC(=O)NC(C(=O)N1CCCC1CNC(=O)c1ccc(-c2ccc3cc(-c4cnc(C5CCCN5C(=O)C(NC(=O)OC)C(C)C)[nH]4)ccc3n2)cc1)C(C)C. The van der Waals surface area contributed by atoms with E-state index in [9.17, 15) is 24.0 Å². The number of rotatable bonds is 12. The van der Waals surface area contributed by atoms with Gasteiger partial charge in [-0.2, -0.15) is 0 Å². The lowest BCUT2D eigenvalue weighted by atomic mass is 10.0. The third kappa shape index (κ3) is 9.19. The normalized spacial score (nSPS) is 17.8. The number of benzene rings is 2. The molecule has 4 aromatic rings. The number of aromatic nitrogens is 3. The fourth-order valence-electron chi connectivity index (χ4n) is 7.62. The van der Waals surface area contributed by atoms with Crippen LogP contribution in [0.2, 0.25) is 0 Å². The van der Waals surface area contributed by atoms with Crippen molar-refractivity contribution in [2.45, 2.75) is 77.5 Å². The average Bonchev–Trinajstić information content (AvgIpc) is 4.01. The molecule has 2 aromatic carbocycles. The summed E-state index contributed by atoms with van der Waals surface area (Å²) in [5, 5.41) is 9.26. The number of H-pyrrole nitrogens is 1. The van der Waals surface area contributed by atoms with E-state index < -0.39 is 24.3 Å². The van der Waals surface area contributed by atoms with Gasteiger partial charge in [-0.05, 0) is 67.9 Å².